The van der Waals surface area contributed by atoms with E-state index in [1.165, 1.54) is 10.7 Å². The van der Waals surface area contributed by atoms with E-state index in [1.54, 1.807) is 6.92 Å². The van der Waals surface area contributed by atoms with Crippen LogP contribution in [0.3, 0.4) is 0 Å². The van der Waals surface area contributed by atoms with Gasteiger partial charge in [0.25, 0.3) is 6.43 Å². The molecule has 1 aromatic heterocycles. The summed E-state index contributed by atoms with van der Waals surface area (Å²) < 4.78 is 26.0. The van der Waals surface area contributed by atoms with Crippen molar-refractivity contribution in [2.24, 2.45) is 5.92 Å². The number of hydrogen-bond donors (Lipinski definition) is 1. The van der Waals surface area contributed by atoms with Gasteiger partial charge in [0, 0.05) is 12.2 Å². The first-order valence-electron chi connectivity index (χ1n) is 5.49. The van der Waals surface area contributed by atoms with E-state index in [-0.39, 0.29) is 18.1 Å². The minimum absolute atomic E-state index is 0.0225. The Labute approximate surface area is 99.0 Å². The van der Waals surface area contributed by atoms with Crippen molar-refractivity contribution in [3.8, 4) is 0 Å². The highest BCUT2D eigenvalue weighted by atomic mass is 19.3. The summed E-state index contributed by atoms with van der Waals surface area (Å²) in [7, 11) is 0. The molecule has 1 heterocycles. The number of aryl methyl sites for hydroxylation is 1. The first-order chi connectivity index (χ1) is 7.90. The summed E-state index contributed by atoms with van der Waals surface area (Å²) in [5.74, 6) is 0.139. The second-order valence-electron chi connectivity index (χ2n) is 4.37. The van der Waals surface area contributed by atoms with Crippen LogP contribution in [-0.2, 0) is 11.3 Å². The van der Waals surface area contributed by atoms with Crippen LogP contribution in [0, 0.1) is 12.8 Å². The largest absolute Gasteiger partial charge is 0.354 e. The third kappa shape index (κ3) is 4.13. The molecule has 0 saturated heterocycles. The Balaban J connectivity index is 2.59. The zero-order valence-corrected chi connectivity index (χ0v) is 10.2. The van der Waals surface area contributed by atoms with Gasteiger partial charge in [0.15, 0.2) is 0 Å². The van der Waals surface area contributed by atoms with Crippen LogP contribution in [0.25, 0.3) is 0 Å². The molecule has 4 nitrogen and oxygen atoms in total. The molecule has 0 radical (unpaired) electrons. The lowest BCUT2D eigenvalue weighted by Gasteiger charge is -2.08. The second kappa shape index (κ2) is 5.75. The Morgan fingerprint density at radius 1 is 1.53 bits per heavy atom. The fourth-order valence-electron chi connectivity index (χ4n) is 1.31. The Morgan fingerprint density at radius 2 is 2.18 bits per heavy atom. The standard InChI is InChI=1S/C11H17F2N3O/c1-7(2)5-14-10(17)6-16-8(3)4-9(15-16)11(12)13/h4,7,11H,5-6H2,1-3H3,(H,14,17). The minimum atomic E-state index is -2.60. The van der Waals surface area contributed by atoms with E-state index in [4.69, 9.17) is 0 Å². The molecule has 0 atom stereocenters. The molecule has 96 valence electrons. The van der Waals surface area contributed by atoms with Crippen molar-refractivity contribution < 1.29 is 13.6 Å². The zero-order chi connectivity index (χ0) is 13.0. The number of nitrogens with one attached hydrogen (secondary N) is 1. The first-order valence-corrected chi connectivity index (χ1v) is 5.49. The monoisotopic (exact) mass is 245 g/mol. The molecule has 17 heavy (non-hydrogen) atoms. The SMILES string of the molecule is Cc1cc(C(F)F)nn1CC(=O)NCC(C)C. The molecule has 1 N–H and O–H groups in total. The van der Waals surface area contributed by atoms with Gasteiger partial charge < -0.3 is 5.32 Å². The number of carbonyl (C=O) groups excluding carboxylic acids is 1. The Morgan fingerprint density at radius 3 is 2.65 bits per heavy atom. The van der Waals surface area contributed by atoms with Gasteiger partial charge in [-0.2, -0.15) is 5.10 Å². The molecule has 0 aliphatic heterocycles. The Hall–Kier alpha value is -1.46. The highest BCUT2D eigenvalue weighted by Crippen LogP contribution is 2.17. The molecule has 1 rings (SSSR count). The van der Waals surface area contributed by atoms with Crippen LogP contribution in [-0.4, -0.2) is 22.2 Å². The van der Waals surface area contributed by atoms with Crippen molar-refractivity contribution in [2.45, 2.75) is 33.7 Å². The third-order valence-electron chi connectivity index (χ3n) is 2.22. The van der Waals surface area contributed by atoms with E-state index < -0.39 is 6.43 Å². The molecular formula is C11H17F2N3O. The maximum atomic E-state index is 12.4. The fourth-order valence-corrected chi connectivity index (χ4v) is 1.31. The van der Waals surface area contributed by atoms with Crippen LogP contribution in [0.2, 0.25) is 0 Å². The number of hydrogen-bond acceptors (Lipinski definition) is 2. The van der Waals surface area contributed by atoms with E-state index in [1.807, 2.05) is 13.8 Å². The highest BCUT2D eigenvalue weighted by molar-refractivity contribution is 5.75. The zero-order valence-electron chi connectivity index (χ0n) is 10.2. The van der Waals surface area contributed by atoms with Gasteiger partial charge in [0.2, 0.25) is 5.91 Å². The van der Waals surface area contributed by atoms with Crippen molar-refractivity contribution in [3.05, 3.63) is 17.5 Å². The number of alkyl halides is 2. The Kier molecular flexibility index (Phi) is 4.60. The van der Waals surface area contributed by atoms with Crippen LogP contribution < -0.4 is 5.32 Å². The second-order valence-corrected chi connectivity index (χ2v) is 4.37. The Bertz CT molecular complexity index is 388. The molecule has 6 heteroatoms. The van der Waals surface area contributed by atoms with Gasteiger partial charge in [-0.15, -0.1) is 0 Å². The van der Waals surface area contributed by atoms with Crippen LogP contribution in [0.1, 0.15) is 31.7 Å². The molecule has 0 saturated carbocycles. The minimum Gasteiger partial charge on any atom is -0.354 e. The summed E-state index contributed by atoms with van der Waals surface area (Å²) in [4.78, 5) is 11.5. The topological polar surface area (TPSA) is 46.9 Å². The van der Waals surface area contributed by atoms with E-state index in [0.29, 0.717) is 18.2 Å². The van der Waals surface area contributed by atoms with Crippen molar-refractivity contribution in [3.63, 3.8) is 0 Å². The highest BCUT2D eigenvalue weighted by Gasteiger charge is 2.14. The summed E-state index contributed by atoms with van der Waals surface area (Å²) >= 11 is 0. The molecule has 0 aliphatic carbocycles. The number of nitrogens with zero attached hydrogens (tertiary/aromatic N) is 2. The van der Waals surface area contributed by atoms with Crippen LogP contribution >= 0.6 is 0 Å². The average Bonchev–Trinajstić information content (AvgIpc) is 2.58. The van der Waals surface area contributed by atoms with Crippen LogP contribution in [0.15, 0.2) is 6.07 Å². The smallest absolute Gasteiger partial charge is 0.282 e. The van der Waals surface area contributed by atoms with Crippen LogP contribution in [0.4, 0.5) is 8.78 Å². The van der Waals surface area contributed by atoms with Gasteiger partial charge in [-0.1, -0.05) is 13.8 Å². The van der Waals surface area contributed by atoms with Crippen LogP contribution in [0.5, 0.6) is 0 Å². The molecule has 0 aromatic carbocycles. The summed E-state index contributed by atoms with van der Waals surface area (Å²) in [5, 5.41) is 6.39. The summed E-state index contributed by atoms with van der Waals surface area (Å²) in [5.41, 5.74) is 0.263. The predicted molar refractivity (Wildman–Crippen MR) is 59.8 cm³/mol. The first kappa shape index (κ1) is 13.6. The number of rotatable bonds is 5. The third-order valence-corrected chi connectivity index (χ3v) is 2.22. The van der Waals surface area contributed by atoms with Crippen molar-refractivity contribution in [2.75, 3.05) is 6.54 Å². The van der Waals surface area contributed by atoms with Gasteiger partial charge in [0.05, 0.1) is 0 Å². The van der Waals surface area contributed by atoms with Gasteiger partial charge in [-0.25, -0.2) is 8.78 Å². The quantitative estimate of drug-likeness (QED) is 0.861. The van der Waals surface area contributed by atoms with E-state index in [2.05, 4.69) is 10.4 Å². The fraction of sp³-hybridized carbons (Fsp3) is 0.636. The van der Waals surface area contributed by atoms with E-state index >= 15 is 0 Å². The van der Waals surface area contributed by atoms with Crippen molar-refractivity contribution in [1.82, 2.24) is 15.1 Å². The molecule has 0 fully saturated rings. The number of amides is 1. The van der Waals surface area contributed by atoms with Crippen molar-refractivity contribution in [1.29, 1.82) is 0 Å². The van der Waals surface area contributed by atoms with Gasteiger partial charge >= 0.3 is 0 Å². The summed E-state index contributed by atoms with van der Waals surface area (Å²) in [6.45, 7) is 6.16. The number of halogens is 2. The molecule has 1 aromatic rings. The predicted octanol–water partition coefficient (Wildman–Crippen LogP) is 1.90. The molecule has 0 bridgehead atoms. The summed E-state index contributed by atoms with van der Waals surface area (Å²) in [6, 6.07) is 1.29. The lowest BCUT2D eigenvalue weighted by atomic mass is 10.2. The van der Waals surface area contributed by atoms with E-state index in [9.17, 15) is 13.6 Å². The molecule has 0 spiro atoms. The molecule has 0 unspecified atom stereocenters. The van der Waals surface area contributed by atoms with Gasteiger partial charge in [0.1, 0.15) is 12.2 Å². The molecule has 1 amide bonds. The average molecular weight is 245 g/mol. The van der Waals surface area contributed by atoms with Gasteiger partial charge in [-0.3, -0.25) is 9.48 Å². The molecular weight excluding hydrogens is 228 g/mol. The summed E-state index contributed by atoms with van der Waals surface area (Å²) in [6.07, 6.45) is -2.60. The van der Waals surface area contributed by atoms with Gasteiger partial charge in [-0.05, 0) is 18.9 Å². The maximum Gasteiger partial charge on any atom is 0.282 e. The van der Waals surface area contributed by atoms with E-state index in [0.717, 1.165) is 0 Å². The normalized spacial score (nSPS) is 11.2. The lowest BCUT2D eigenvalue weighted by molar-refractivity contribution is -0.122. The van der Waals surface area contributed by atoms with Crippen molar-refractivity contribution >= 4 is 5.91 Å². The number of carbonyl (C=O) groups is 1. The number of aromatic nitrogens is 2. The maximum absolute atomic E-state index is 12.4. The molecule has 0 aliphatic rings. The lowest BCUT2D eigenvalue weighted by Crippen LogP contribution is -2.31.